The Morgan fingerprint density at radius 2 is 1.36 bits per heavy atom. The first-order chi connectivity index (χ1) is 17.5. The first-order valence-electron chi connectivity index (χ1n) is 12.8. The highest BCUT2D eigenvalue weighted by atomic mass is 14.4. The highest BCUT2D eigenvalue weighted by molar-refractivity contribution is 5.84. The predicted molar refractivity (Wildman–Crippen MR) is 152 cm³/mol. The molecule has 0 N–H and O–H groups in total. The van der Waals surface area contributed by atoms with Gasteiger partial charge in [0.05, 0.1) is 0 Å². The molecule has 0 heterocycles. The van der Waals surface area contributed by atoms with Gasteiger partial charge in [-0.1, -0.05) is 85.7 Å². The van der Waals surface area contributed by atoms with E-state index in [-0.39, 0.29) is 5.41 Å². The van der Waals surface area contributed by atoms with Crippen molar-refractivity contribution in [1.82, 2.24) is 0 Å². The van der Waals surface area contributed by atoms with Gasteiger partial charge in [0, 0.05) is 11.0 Å². The molecular formula is C36H32. The summed E-state index contributed by atoms with van der Waals surface area (Å²) in [6.45, 7) is 8.98. The number of rotatable bonds is 6. The summed E-state index contributed by atoms with van der Waals surface area (Å²) in [6, 6.07) is 20.6. The minimum Gasteiger partial charge on any atom is -0.106 e. The maximum atomic E-state index is 5.16. The van der Waals surface area contributed by atoms with Gasteiger partial charge in [0.25, 0.3) is 0 Å². The Balaban J connectivity index is 1.86. The lowest BCUT2D eigenvalue weighted by atomic mass is 9.73. The molecule has 3 aromatic carbocycles. The van der Waals surface area contributed by atoms with Crippen molar-refractivity contribution in [3.63, 3.8) is 0 Å². The van der Waals surface area contributed by atoms with E-state index in [1.54, 1.807) is 0 Å². The summed E-state index contributed by atoms with van der Waals surface area (Å²) in [5.41, 5.74) is 11.3. The number of hydrogen-bond donors (Lipinski definition) is 0. The largest absolute Gasteiger partial charge is 0.106 e. The highest BCUT2D eigenvalue weighted by Crippen LogP contribution is 2.53. The van der Waals surface area contributed by atoms with Gasteiger partial charge in [0.1, 0.15) is 0 Å². The molecule has 1 aliphatic rings. The third kappa shape index (κ3) is 5.11. The molecule has 3 aromatic rings. The molecule has 0 radical (unpaired) electrons. The first-order valence-corrected chi connectivity index (χ1v) is 12.8. The van der Waals surface area contributed by atoms with Crippen molar-refractivity contribution in [2.24, 2.45) is 0 Å². The molecule has 0 atom stereocenters. The minimum atomic E-state index is -0.248. The van der Waals surface area contributed by atoms with Crippen LogP contribution in [0.25, 0.3) is 11.1 Å². The number of aryl methyl sites for hydroxylation is 3. The Morgan fingerprint density at radius 1 is 0.722 bits per heavy atom. The van der Waals surface area contributed by atoms with E-state index in [2.05, 4.69) is 124 Å². The van der Waals surface area contributed by atoms with Crippen LogP contribution in [0.3, 0.4) is 0 Å². The zero-order valence-electron chi connectivity index (χ0n) is 21.8. The van der Waals surface area contributed by atoms with E-state index in [4.69, 9.17) is 6.42 Å². The van der Waals surface area contributed by atoms with Crippen LogP contribution in [0.5, 0.6) is 0 Å². The summed E-state index contributed by atoms with van der Waals surface area (Å²) in [7, 11) is 0. The Hall–Kier alpha value is -4.10. The zero-order valence-corrected chi connectivity index (χ0v) is 21.8. The molecule has 0 saturated heterocycles. The third-order valence-corrected chi connectivity index (χ3v) is 7.14. The van der Waals surface area contributed by atoms with Crippen LogP contribution in [0.4, 0.5) is 0 Å². The summed E-state index contributed by atoms with van der Waals surface area (Å²) >= 11 is 0. The van der Waals surface area contributed by atoms with Gasteiger partial charge in [-0.25, -0.2) is 0 Å². The topological polar surface area (TPSA) is 0 Å². The van der Waals surface area contributed by atoms with Gasteiger partial charge < -0.3 is 0 Å². The van der Waals surface area contributed by atoms with Crippen molar-refractivity contribution < 1.29 is 0 Å². The molecule has 36 heavy (non-hydrogen) atoms. The van der Waals surface area contributed by atoms with E-state index in [1.807, 2.05) is 0 Å². The number of fused-ring (bicyclic) bond motifs is 3. The van der Waals surface area contributed by atoms with Gasteiger partial charge in [0.2, 0.25) is 0 Å². The fourth-order valence-electron chi connectivity index (χ4n) is 5.26. The van der Waals surface area contributed by atoms with E-state index in [0.717, 1.165) is 12.0 Å². The molecule has 0 bridgehead atoms. The van der Waals surface area contributed by atoms with Crippen molar-refractivity contribution in [3.05, 3.63) is 93.5 Å². The average molecular weight is 465 g/mol. The average Bonchev–Trinajstić information content (AvgIpc) is 3.12. The van der Waals surface area contributed by atoms with E-state index in [1.165, 1.54) is 70.2 Å². The van der Waals surface area contributed by atoms with Crippen molar-refractivity contribution in [3.8, 4) is 59.0 Å². The van der Waals surface area contributed by atoms with Crippen LogP contribution in [0.15, 0.2) is 54.6 Å². The van der Waals surface area contributed by atoms with E-state index in [9.17, 15) is 0 Å². The first kappa shape index (κ1) is 25.0. The van der Waals surface area contributed by atoms with E-state index >= 15 is 0 Å². The molecular weight excluding hydrogens is 432 g/mol. The molecule has 176 valence electrons. The van der Waals surface area contributed by atoms with Crippen molar-refractivity contribution in [2.45, 2.75) is 65.2 Å². The summed E-state index contributed by atoms with van der Waals surface area (Å²) in [6.07, 6.45) is 11.2. The molecule has 4 rings (SSSR count). The normalized spacial score (nSPS) is 12.0. The zero-order chi connectivity index (χ0) is 25.5. The fourth-order valence-corrected chi connectivity index (χ4v) is 5.26. The number of hydrogen-bond acceptors (Lipinski definition) is 0. The maximum Gasteiger partial charge on any atom is 0.0436 e. The van der Waals surface area contributed by atoms with Crippen molar-refractivity contribution in [1.29, 1.82) is 0 Å². The van der Waals surface area contributed by atoms with Gasteiger partial charge in [0.15, 0.2) is 0 Å². The molecule has 0 unspecified atom stereocenters. The third-order valence-electron chi connectivity index (χ3n) is 7.14. The molecule has 0 heteroatoms. The highest BCUT2D eigenvalue weighted by Gasteiger charge is 2.41. The monoisotopic (exact) mass is 464 g/mol. The second-order valence-corrected chi connectivity index (χ2v) is 9.85. The number of terminal acetylenes is 1. The maximum absolute atomic E-state index is 5.16. The second kappa shape index (κ2) is 11.1. The van der Waals surface area contributed by atoms with Crippen molar-refractivity contribution in [2.75, 3.05) is 0 Å². The number of unbranched alkanes of at least 4 members (excludes halogenated alkanes) is 3. The van der Waals surface area contributed by atoms with Crippen LogP contribution in [0.2, 0.25) is 0 Å². The number of benzene rings is 3. The van der Waals surface area contributed by atoms with Gasteiger partial charge >= 0.3 is 0 Å². The van der Waals surface area contributed by atoms with Gasteiger partial charge in [-0.2, -0.15) is 0 Å². The summed E-state index contributed by atoms with van der Waals surface area (Å²) < 4.78 is 0. The van der Waals surface area contributed by atoms with Crippen LogP contribution >= 0.6 is 0 Å². The molecule has 0 fully saturated rings. The van der Waals surface area contributed by atoms with Crippen LogP contribution in [0.1, 0.15) is 78.5 Å². The lowest BCUT2D eigenvalue weighted by Crippen LogP contribution is -2.23. The van der Waals surface area contributed by atoms with Crippen LogP contribution in [0, 0.1) is 61.7 Å². The SMILES string of the molecule is C#CC#CC#CC#Cc1cc(CCCCCC)cc(C2(C)c3cc(C)ccc3-c3ccc(C)cc32)c1. The fraction of sp³-hybridized carbons (Fsp3) is 0.278. The summed E-state index contributed by atoms with van der Waals surface area (Å²) in [5.74, 6) is 19.2. The molecule has 0 aromatic heterocycles. The molecule has 0 aliphatic heterocycles. The molecule has 0 amide bonds. The molecule has 1 aliphatic carbocycles. The van der Waals surface area contributed by atoms with Gasteiger partial charge in [-0.3, -0.25) is 0 Å². The van der Waals surface area contributed by atoms with Crippen LogP contribution < -0.4 is 0 Å². The Kier molecular flexibility index (Phi) is 7.71. The summed E-state index contributed by atoms with van der Waals surface area (Å²) in [5, 5.41) is 0. The van der Waals surface area contributed by atoms with Crippen molar-refractivity contribution >= 4 is 0 Å². The lowest BCUT2D eigenvalue weighted by Gasteiger charge is -2.29. The standard InChI is InChI=1S/C36H32/c1-6-8-10-12-13-15-17-30-24-29(16-14-11-9-7-2)25-31(26-30)36(5)34-22-27(3)18-20-32(34)33-21-19-28(4)23-35(33)36/h1,18-26H,7,9,11,14,16H2,2-5H3. The molecule has 0 nitrogen and oxygen atoms in total. The van der Waals surface area contributed by atoms with Crippen LogP contribution in [-0.4, -0.2) is 0 Å². The van der Waals surface area contributed by atoms with Gasteiger partial charge in [-0.15, -0.1) is 6.42 Å². The lowest BCUT2D eigenvalue weighted by molar-refractivity contribution is 0.664. The quantitative estimate of drug-likeness (QED) is 0.258. The minimum absolute atomic E-state index is 0.248. The predicted octanol–water partition coefficient (Wildman–Crippen LogP) is 7.75. The molecule has 0 saturated carbocycles. The Labute approximate surface area is 217 Å². The van der Waals surface area contributed by atoms with E-state index < -0.39 is 0 Å². The van der Waals surface area contributed by atoms with Gasteiger partial charge in [-0.05, 0) is 115 Å². The Bertz CT molecular complexity index is 1470. The Morgan fingerprint density at radius 3 is 2.00 bits per heavy atom. The smallest absolute Gasteiger partial charge is 0.0436 e. The second-order valence-electron chi connectivity index (χ2n) is 9.85. The summed E-state index contributed by atoms with van der Waals surface area (Å²) in [4.78, 5) is 0. The molecule has 0 spiro atoms. The van der Waals surface area contributed by atoms with Crippen LogP contribution in [-0.2, 0) is 11.8 Å². The van der Waals surface area contributed by atoms with E-state index in [0.29, 0.717) is 0 Å².